The number of methoxy groups -OCH3 is 1. The predicted octanol–water partition coefficient (Wildman–Crippen LogP) is 3.12. The van der Waals surface area contributed by atoms with E-state index in [9.17, 15) is 4.79 Å². The van der Waals surface area contributed by atoms with Gasteiger partial charge in [0, 0.05) is 18.8 Å². The standard InChI is InChI=1S/C12H15ClN2O2/c1-17-12(16)14-11-8-9(4-5-10(11)13)15-6-2-3-7-15/h4-5,8H,2-3,6-7H2,1H3,(H,14,16). The van der Waals surface area contributed by atoms with Gasteiger partial charge >= 0.3 is 6.09 Å². The van der Waals surface area contributed by atoms with E-state index >= 15 is 0 Å². The molecule has 1 aromatic carbocycles. The van der Waals surface area contributed by atoms with Gasteiger partial charge in [-0.2, -0.15) is 0 Å². The highest BCUT2D eigenvalue weighted by molar-refractivity contribution is 6.33. The second kappa shape index (κ2) is 5.27. The van der Waals surface area contributed by atoms with Gasteiger partial charge in [-0.25, -0.2) is 4.79 Å². The number of ether oxygens (including phenoxy) is 1. The largest absolute Gasteiger partial charge is 0.453 e. The Bertz CT molecular complexity index is 417. The average molecular weight is 255 g/mol. The van der Waals surface area contributed by atoms with E-state index in [1.54, 1.807) is 6.07 Å². The molecule has 1 aliphatic heterocycles. The molecule has 1 fully saturated rings. The molecule has 0 radical (unpaired) electrons. The zero-order valence-electron chi connectivity index (χ0n) is 9.70. The Balaban J connectivity index is 2.19. The van der Waals surface area contributed by atoms with Crippen molar-refractivity contribution < 1.29 is 9.53 Å². The van der Waals surface area contributed by atoms with Crippen molar-refractivity contribution in [1.82, 2.24) is 0 Å². The summed E-state index contributed by atoms with van der Waals surface area (Å²) in [5, 5.41) is 3.12. The van der Waals surface area contributed by atoms with Crippen molar-refractivity contribution in [3.63, 3.8) is 0 Å². The molecule has 0 spiro atoms. The van der Waals surface area contributed by atoms with E-state index < -0.39 is 6.09 Å². The highest BCUT2D eigenvalue weighted by Crippen LogP contribution is 2.29. The quantitative estimate of drug-likeness (QED) is 0.882. The molecule has 0 atom stereocenters. The van der Waals surface area contributed by atoms with Crippen molar-refractivity contribution in [2.24, 2.45) is 0 Å². The molecular weight excluding hydrogens is 240 g/mol. The van der Waals surface area contributed by atoms with Gasteiger partial charge in [-0.3, -0.25) is 5.32 Å². The van der Waals surface area contributed by atoms with Crippen LogP contribution in [0.25, 0.3) is 0 Å². The van der Waals surface area contributed by atoms with Gasteiger partial charge in [-0.05, 0) is 31.0 Å². The molecule has 1 aromatic rings. The highest BCUT2D eigenvalue weighted by atomic mass is 35.5. The average Bonchev–Trinajstić information content (AvgIpc) is 2.85. The first-order chi connectivity index (χ1) is 8.20. The number of anilines is 2. The fourth-order valence-corrected chi connectivity index (χ4v) is 2.11. The number of carbonyl (C=O) groups excluding carboxylic acids is 1. The molecule has 0 aromatic heterocycles. The Hall–Kier alpha value is -1.42. The Kier molecular flexibility index (Phi) is 3.74. The SMILES string of the molecule is COC(=O)Nc1cc(N2CCCC2)ccc1Cl. The van der Waals surface area contributed by atoms with Gasteiger partial charge in [0.1, 0.15) is 0 Å². The molecule has 5 heteroatoms. The van der Waals surface area contributed by atoms with Crippen LogP contribution in [0.3, 0.4) is 0 Å². The van der Waals surface area contributed by atoms with Crippen molar-refractivity contribution in [1.29, 1.82) is 0 Å². The Labute approximate surface area is 106 Å². The maximum Gasteiger partial charge on any atom is 0.411 e. The molecule has 1 amide bonds. The van der Waals surface area contributed by atoms with Crippen molar-refractivity contribution in [3.8, 4) is 0 Å². The van der Waals surface area contributed by atoms with E-state index in [-0.39, 0.29) is 0 Å². The summed E-state index contributed by atoms with van der Waals surface area (Å²) < 4.78 is 4.55. The summed E-state index contributed by atoms with van der Waals surface area (Å²) in [6.45, 7) is 2.11. The number of nitrogens with zero attached hydrogens (tertiary/aromatic N) is 1. The molecule has 0 bridgehead atoms. The minimum atomic E-state index is -0.509. The second-order valence-electron chi connectivity index (χ2n) is 3.97. The molecule has 1 heterocycles. The molecule has 1 N–H and O–H groups in total. The molecule has 0 aliphatic carbocycles. The molecular formula is C12H15ClN2O2. The number of hydrogen-bond donors (Lipinski definition) is 1. The maximum atomic E-state index is 11.2. The molecule has 1 aliphatic rings. The number of hydrogen-bond acceptors (Lipinski definition) is 3. The predicted molar refractivity (Wildman–Crippen MR) is 68.9 cm³/mol. The lowest BCUT2D eigenvalue weighted by Crippen LogP contribution is -2.18. The van der Waals surface area contributed by atoms with Crippen LogP contribution >= 0.6 is 11.6 Å². The van der Waals surface area contributed by atoms with Crippen molar-refractivity contribution >= 4 is 29.1 Å². The number of carbonyl (C=O) groups is 1. The molecule has 1 saturated heterocycles. The maximum absolute atomic E-state index is 11.2. The Morgan fingerprint density at radius 1 is 1.41 bits per heavy atom. The van der Waals surface area contributed by atoms with Gasteiger partial charge < -0.3 is 9.64 Å². The summed E-state index contributed by atoms with van der Waals surface area (Å²) in [4.78, 5) is 13.4. The summed E-state index contributed by atoms with van der Waals surface area (Å²) >= 11 is 6.02. The molecule has 0 unspecified atom stereocenters. The summed E-state index contributed by atoms with van der Waals surface area (Å²) in [7, 11) is 1.33. The summed E-state index contributed by atoms with van der Waals surface area (Å²) in [6, 6.07) is 5.64. The van der Waals surface area contributed by atoms with Gasteiger partial charge in [0.2, 0.25) is 0 Å². The van der Waals surface area contributed by atoms with Crippen molar-refractivity contribution in [3.05, 3.63) is 23.2 Å². The topological polar surface area (TPSA) is 41.6 Å². The highest BCUT2D eigenvalue weighted by Gasteiger charge is 2.14. The van der Waals surface area contributed by atoms with E-state index in [0.717, 1.165) is 18.8 Å². The van der Waals surface area contributed by atoms with Gasteiger partial charge in [0.25, 0.3) is 0 Å². The molecule has 17 heavy (non-hydrogen) atoms. The number of benzene rings is 1. The smallest absolute Gasteiger partial charge is 0.411 e. The monoisotopic (exact) mass is 254 g/mol. The van der Waals surface area contributed by atoms with Crippen LogP contribution in [-0.2, 0) is 4.74 Å². The number of nitrogens with one attached hydrogen (secondary N) is 1. The van der Waals surface area contributed by atoms with Gasteiger partial charge in [0.05, 0.1) is 17.8 Å². The molecule has 92 valence electrons. The zero-order valence-corrected chi connectivity index (χ0v) is 10.5. The second-order valence-corrected chi connectivity index (χ2v) is 4.38. The van der Waals surface area contributed by atoms with Gasteiger partial charge in [0.15, 0.2) is 0 Å². The first-order valence-corrected chi connectivity index (χ1v) is 5.98. The Morgan fingerprint density at radius 2 is 2.12 bits per heavy atom. The van der Waals surface area contributed by atoms with Crippen LogP contribution in [-0.4, -0.2) is 26.3 Å². The van der Waals surface area contributed by atoms with Crippen LogP contribution in [0.5, 0.6) is 0 Å². The lowest BCUT2D eigenvalue weighted by Gasteiger charge is -2.19. The Morgan fingerprint density at radius 3 is 2.76 bits per heavy atom. The van der Waals surface area contributed by atoms with Crippen LogP contribution in [0.4, 0.5) is 16.2 Å². The first kappa shape index (κ1) is 12.0. The third-order valence-electron chi connectivity index (χ3n) is 2.84. The van der Waals surface area contributed by atoms with Crippen LogP contribution < -0.4 is 10.2 Å². The van der Waals surface area contributed by atoms with E-state index in [4.69, 9.17) is 11.6 Å². The number of halogens is 1. The fraction of sp³-hybridized carbons (Fsp3) is 0.417. The third kappa shape index (κ3) is 2.82. The van der Waals surface area contributed by atoms with Gasteiger partial charge in [-0.1, -0.05) is 11.6 Å². The van der Waals surface area contributed by atoms with E-state index in [0.29, 0.717) is 10.7 Å². The lowest BCUT2D eigenvalue weighted by atomic mass is 10.2. The molecule has 2 rings (SSSR count). The van der Waals surface area contributed by atoms with Crippen LogP contribution in [0.15, 0.2) is 18.2 Å². The normalized spacial score (nSPS) is 14.8. The van der Waals surface area contributed by atoms with Crippen LogP contribution in [0.1, 0.15) is 12.8 Å². The van der Waals surface area contributed by atoms with E-state index in [1.807, 2.05) is 12.1 Å². The van der Waals surface area contributed by atoms with E-state index in [1.165, 1.54) is 20.0 Å². The zero-order chi connectivity index (χ0) is 12.3. The molecule has 0 saturated carbocycles. The fourth-order valence-electron chi connectivity index (χ4n) is 1.94. The summed E-state index contributed by atoms with van der Waals surface area (Å²) in [6.07, 6.45) is 1.91. The van der Waals surface area contributed by atoms with Crippen LogP contribution in [0.2, 0.25) is 5.02 Å². The van der Waals surface area contributed by atoms with E-state index in [2.05, 4.69) is 15.0 Å². The van der Waals surface area contributed by atoms with Crippen molar-refractivity contribution in [2.75, 3.05) is 30.4 Å². The summed E-state index contributed by atoms with van der Waals surface area (Å²) in [5.74, 6) is 0. The minimum absolute atomic E-state index is 0.509. The molecule has 4 nitrogen and oxygen atoms in total. The number of amides is 1. The van der Waals surface area contributed by atoms with Gasteiger partial charge in [-0.15, -0.1) is 0 Å². The first-order valence-electron chi connectivity index (χ1n) is 5.60. The summed E-state index contributed by atoms with van der Waals surface area (Å²) in [5.41, 5.74) is 1.67. The van der Waals surface area contributed by atoms with Crippen LogP contribution in [0, 0.1) is 0 Å². The minimum Gasteiger partial charge on any atom is -0.453 e. The lowest BCUT2D eigenvalue weighted by molar-refractivity contribution is 0.187. The van der Waals surface area contributed by atoms with Crippen molar-refractivity contribution in [2.45, 2.75) is 12.8 Å². The number of rotatable bonds is 2. The third-order valence-corrected chi connectivity index (χ3v) is 3.17.